The quantitative estimate of drug-likeness (QED) is 0.781. The number of sulfone groups is 1. The topological polar surface area (TPSA) is 88.6 Å². The summed E-state index contributed by atoms with van der Waals surface area (Å²) >= 11 is 0. The lowest BCUT2D eigenvalue weighted by molar-refractivity contribution is 0.0951. The fourth-order valence-electron chi connectivity index (χ4n) is 2.72. The van der Waals surface area contributed by atoms with Gasteiger partial charge in [0.1, 0.15) is 5.82 Å². The Labute approximate surface area is 161 Å². The van der Waals surface area contributed by atoms with Crippen LogP contribution in [-0.4, -0.2) is 51.4 Å². The highest BCUT2D eigenvalue weighted by atomic mass is 32.2. The van der Waals surface area contributed by atoms with Crippen molar-refractivity contribution in [3.05, 3.63) is 53.7 Å². The minimum Gasteiger partial charge on any atom is -0.378 e. The van der Waals surface area contributed by atoms with Crippen molar-refractivity contribution < 1.29 is 26.7 Å². The van der Waals surface area contributed by atoms with Gasteiger partial charge in [-0.25, -0.2) is 13.4 Å². The van der Waals surface area contributed by atoms with Gasteiger partial charge < -0.3 is 15.0 Å². The Morgan fingerprint density at radius 1 is 1.18 bits per heavy atom. The van der Waals surface area contributed by atoms with Crippen molar-refractivity contribution in [2.75, 3.05) is 31.2 Å². The summed E-state index contributed by atoms with van der Waals surface area (Å²) in [6, 6.07) is 8.07. The molecule has 1 saturated heterocycles. The number of aromatic nitrogens is 1. The second-order valence-electron chi connectivity index (χ2n) is 6.13. The van der Waals surface area contributed by atoms with E-state index in [4.69, 9.17) is 4.74 Å². The van der Waals surface area contributed by atoms with Crippen molar-refractivity contribution in [3.63, 3.8) is 0 Å². The van der Waals surface area contributed by atoms with Crippen LogP contribution >= 0.6 is 0 Å². The van der Waals surface area contributed by atoms with Gasteiger partial charge in [-0.1, -0.05) is 0 Å². The largest absolute Gasteiger partial charge is 0.378 e. The maximum atomic E-state index is 12.6. The average molecular weight is 411 g/mol. The molecule has 3 rings (SSSR count). The van der Waals surface area contributed by atoms with Crippen LogP contribution in [0.2, 0.25) is 0 Å². The molecule has 7 nitrogen and oxygen atoms in total. The van der Waals surface area contributed by atoms with Gasteiger partial charge in [0, 0.05) is 31.4 Å². The first-order valence-corrected chi connectivity index (χ1v) is 10.1. The first-order chi connectivity index (χ1) is 13.4. The molecule has 2 heterocycles. The van der Waals surface area contributed by atoms with Crippen LogP contribution in [0.25, 0.3) is 0 Å². The van der Waals surface area contributed by atoms with Gasteiger partial charge in [0.25, 0.3) is 5.91 Å². The van der Waals surface area contributed by atoms with Crippen LogP contribution in [0.15, 0.2) is 47.5 Å². The molecule has 0 spiro atoms. The number of halogens is 2. The van der Waals surface area contributed by atoms with E-state index in [9.17, 15) is 22.0 Å². The van der Waals surface area contributed by atoms with Gasteiger partial charge in [-0.3, -0.25) is 4.79 Å². The van der Waals surface area contributed by atoms with Crippen LogP contribution in [-0.2, 0) is 21.1 Å². The molecule has 28 heavy (non-hydrogen) atoms. The van der Waals surface area contributed by atoms with E-state index in [0.29, 0.717) is 13.2 Å². The van der Waals surface area contributed by atoms with Gasteiger partial charge in [-0.05, 0) is 42.0 Å². The fourth-order valence-corrected chi connectivity index (χ4v) is 3.44. The number of pyridine rings is 1. The molecule has 150 valence electrons. The zero-order valence-corrected chi connectivity index (χ0v) is 15.7. The van der Waals surface area contributed by atoms with Gasteiger partial charge in [0.15, 0.2) is 0 Å². The Morgan fingerprint density at radius 3 is 2.50 bits per heavy atom. The normalized spacial score (nSPS) is 14.9. The van der Waals surface area contributed by atoms with Crippen molar-refractivity contribution in [2.24, 2.45) is 0 Å². The van der Waals surface area contributed by atoms with Crippen LogP contribution in [0.5, 0.6) is 0 Å². The summed E-state index contributed by atoms with van der Waals surface area (Å²) in [6.45, 7) is 3.02. The van der Waals surface area contributed by atoms with E-state index >= 15 is 0 Å². The third kappa shape index (κ3) is 4.63. The molecule has 0 atom stereocenters. The lowest BCUT2D eigenvalue weighted by Gasteiger charge is -2.28. The van der Waals surface area contributed by atoms with Crippen LogP contribution in [0, 0.1) is 0 Å². The molecule has 1 fully saturated rings. The molecule has 0 aliphatic carbocycles. The minimum absolute atomic E-state index is 0.177. The first-order valence-electron chi connectivity index (χ1n) is 8.56. The molecule has 0 radical (unpaired) electrons. The predicted octanol–water partition coefficient (Wildman–Crippen LogP) is 1.84. The third-order valence-corrected chi connectivity index (χ3v) is 5.68. The van der Waals surface area contributed by atoms with Crippen LogP contribution in [0.3, 0.4) is 0 Å². The predicted molar refractivity (Wildman–Crippen MR) is 98.1 cm³/mol. The molecule has 0 unspecified atom stereocenters. The Kier molecular flexibility index (Phi) is 6.20. The molecule has 1 aromatic heterocycles. The minimum atomic E-state index is -4.68. The van der Waals surface area contributed by atoms with Crippen molar-refractivity contribution >= 4 is 21.6 Å². The van der Waals surface area contributed by atoms with Crippen molar-refractivity contribution in [3.8, 4) is 0 Å². The highest BCUT2D eigenvalue weighted by Crippen LogP contribution is 2.19. The molecule has 1 aliphatic heterocycles. The highest BCUT2D eigenvalue weighted by Gasteiger charge is 2.26. The number of anilines is 1. The number of hydrogen-bond donors (Lipinski definition) is 1. The summed E-state index contributed by atoms with van der Waals surface area (Å²) < 4.78 is 53.3. The molecule has 0 bridgehead atoms. The lowest BCUT2D eigenvalue weighted by atomic mass is 10.2. The van der Waals surface area contributed by atoms with E-state index in [0.717, 1.165) is 36.6 Å². The molecule has 1 aromatic carbocycles. The van der Waals surface area contributed by atoms with Crippen molar-refractivity contribution in [1.29, 1.82) is 0 Å². The summed E-state index contributed by atoms with van der Waals surface area (Å²) in [5, 5.41) is 2.72. The average Bonchev–Trinajstić information content (AvgIpc) is 2.73. The number of nitrogens with one attached hydrogen (secondary N) is 1. The van der Waals surface area contributed by atoms with Crippen molar-refractivity contribution in [1.82, 2.24) is 10.3 Å². The fraction of sp³-hybridized carbons (Fsp3) is 0.333. The van der Waals surface area contributed by atoms with Gasteiger partial charge in [0.05, 0.1) is 18.1 Å². The number of morpholine rings is 1. The molecular weight excluding hydrogens is 392 g/mol. The van der Waals surface area contributed by atoms with E-state index in [1.54, 1.807) is 12.3 Å². The molecule has 10 heteroatoms. The SMILES string of the molecule is O=C(NCc1ccnc(N2CCOCC2)c1)c1ccc(S(=O)(=O)C(F)F)cc1. The van der Waals surface area contributed by atoms with E-state index < -0.39 is 26.4 Å². The zero-order valence-electron chi connectivity index (χ0n) is 14.8. The van der Waals surface area contributed by atoms with Gasteiger partial charge in [0.2, 0.25) is 9.84 Å². The Bertz CT molecular complexity index is 930. The van der Waals surface area contributed by atoms with Crippen molar-refractivity contribution in [2.45, 2.75) is 17.2 Å². The molecular formula is C18H19F2N3O4S. The number of nitrogens with zero attached hydrogens (tertiary/aromatic N) is 2. The Hall–Kier alpha value is -2.59. The van der Waals surface area contributed by atoms with E-state index in [2.05, 4.69) is 15.2 Å². The first kappa shape index (κ1) is 20.2. The zero-order chi connectivity index (χ0) is 20.1. The summed E-state index contributed by atoms with van der Waals surface area (Å²) in [5.41, 5.74) is 1.03. The van der Waals surface area contributed by atoms with E-state index in [-0.39, 0.29) is 12.1 Å². The molecule has 1 N–H and O–H groups in total. The number of benzene rings is 1. The molecule has 2 aromatic rings. The smallest absolute Gasteiger partial charge is 0.341 e. The van der Waals surface area contributed by atoms with Crippen LogP contribution < -0.4 is 10.2 Å². The summed E-state index contributed by atoms with van der Waals surface area (Å²) in [5.74, 6) is -3.14. The summed E-state index contributed by atoms with van der Waals surface area (Å²) in [7, 11) is -4.68. The van der Waals surface area contributed by atoms with Crippen LogP contribution in [0.4, 0.5) is 14.6 Å². The van der Waals surface area contributed by atoms with E-state index in [1.807, 2.05) is 6.07 Å². The lowest BCUT2D eigenvalue weighted by Crippen LogP contribution is -2.36. The van der Waals surface area contributed by atoms with Gasteiger partial charge >= 0.3 is 5.76 Å². The molecule has 1 aliphatic rings. The summed E-state index contributed by atoms with van der Waals surface area (Å²) in [6.07, 6.45) is 1.66. The van der Waals surface area contributed by atoms with Crippen LogP contribution in [0.1, 0.15) is 15.9 Å². The Balaban J connectivity index is 1.63. The number of ether oxygens (including phenoxy) is 1. The number of alkyl halides is 2. The monoisotopic (exact) mass is 411 g/mol. The number of carbonyl (C=O) groups excluding carboxylic acids is 1. The molecule has 0 saturated carbocycles. The Morgan fingerprint density at radius 2 is 1.86 bits per heavy atom. The molecule has 1 amide bonds. The standard InChI is InChI=1S/C18H19F2N3O4S/c19-18(20)28(25,26)15-3-1-14(2-4-15)17(24)22-12-13-5-6-21-16(11-13)23-7-9-27-10-8-23/h1-6,11,18H,7-10,12H2,(H,22,24). The van der Waals surface area contributed by atoms with Gasteiger partial charge in [-0.15, -0.1) is 0 Å². The number of amides is 1. The van der Waals surface area contributed by atoms with Gasteiger partial charge in [-0.2, -0.15) is 8.78 Å². The number of hydrogen-bond acceptors (Lipinski definition) is 6. The summed E-state index contributed by atoms with van der Waals surface area (Å²) in [4.78, 5) is 18.2. The second-order valence-corrected chi connectivity index (χ2v) is 8.05. The third-order valence-electron chi connectivity index (χ3n) is 4.28. The number of carbonyl (C=O) groups is 1. The maximum absolute atomic E-state index is 12.6. The van der Waals surface area contributed by atoms with E-state index in [1.165, 1.54) is 12.1 Å². The second kappa shape index (κ2) is 8.61. The number of rotatable bonds is 6. The highest BCUT2D eigenvalue weighted by molar-refractivity contribution is 7.91. The maximum Gasteiger partial charge on any atom is 0.341 e.